The third-order valence-corrected chi connectivity index (χ3v) is 4.16. The van der Waals surface area contributed by atoms with Crippen molar-refractivity contribution in [3.8, 4) is 5.75 Å². The highest BCUT2D eigenvalue weighted by Gasteiger charge is 2.18. The van der Waals surface area contributed by atoms with Crippen molar-refractivity contribution in [1.82, 2.24) is 9.80 Å². The number of methoxy groups -OCH3 is 1. The molecular weight excluding hydrogens is 318 g/mol. The molecule has 1 aromatic rings. The van der Waals surface area contributed by atoms with E-state index in [1.165, 1.54) is 5.56 Å². The molecule has 0 radical (unpaired) electrons. The molecule has 0 heterocycles. The minimum atomic E-state index is 0.196. The summed E-state index contributed by atoms with van der Waals surface area (Å²) >= 11 is 3.61. The van der Waals surface area contributed by atoms with Gasteiger partial charge in [0.15, 0.2) is 0 Å². The SMILES string of the molecule is COc1ccc(Br)c(C(CN)N(C)CCCN(C)C)c1. The summed E-state index contributed by atoms with van der Waals surface area (Å²) in [7, 11) is 8.00. The maximum Gasteiger partial charge on any atom is 0.119 e. The smallest absolute Gasteiger partial charge is 0.119 e. The van der Waals surface area contributed by atoms with Crippen LogP contribution in [0.4, 0.5) is 0 Å². The Labute approximate surface area is 131 Å². The average molecular weight is 344 g/mol. The van der Waals surface area contributed by atoms with Crippen molar-refractivity contribution in [2.45, 2.75) is 12.5 Å². The number of likely N-dealkylation sites (N-methyl/N-ethyl adjacent to an activating group) is 1. The lowest BCUT2D eigenvalue weighted by Gasteiger charge is -2.28. The lowest BCUT2D eigenvalue weighted by atomic mass is 10.1. The topological polar surface area (TPSA) is 41.7 Å². The molecule has 0 fully saturated rings. The summed E-state index contributed by atoms with van der Waals surface area (Å²) in [5, 5.41) is 0. The molecule has 0 bridgehead atoms. The molecule has 5 heteroatoms. The standard InChI is InChI=1S/C15H26BrN3O/c1-18(2)8-5-9-19(3)15(11-17)13-10-12(20-4)6-7-14(13)16/h6-7,10,15H,5,8-9,11,17H2,1-4H3. The molecular formula is C15H26BrN3O. The van der Waals surface area contributed by atoms with Crippen molar-refractivity contribution in [2.24, 2.45) is 5.73 Å². The fraction of sp³-hybridized carbons (Fsp3) is 0.600. The predicted molar refractivity (Wildman–Crippen MR) is 88.3 cm³/mol. The molecule has 0 aliphatic carbocycles. The van der Waals surface area contributed by atoms with Gasteiger partial charge in [-0.15, -0.1) is 0 Å². The molecule has 1 aromatic carbocycles. The highest BCUT2D eigenvalue weighted by atomic mass is 79.9. The van der Waals surface area contributed by atoms with Gasteiger partial charge < -0.3 is 15.4 Å². The van der Waals surface area contributed by atoms with Gasteiger partial charge in [0.25, 0.3) is 0 Å². The van der Waals surface area contributed by atoms with Crippen LogP contribution in [0.5, 0.6) is 5.75 Å². The summed E-state index contributed by atoms with van der Waals surface area (Å²) in [6, 6.07) is 6.23. The molecule has 0 spiro atoms. The fourth-order valence-corrected chi connectivity index (χ4v) is 2.75. The van der Waals surface area contributed by atoms with Crippen molar-refractivity contribution in [1.29, 1.82) is 0 Å². The lowest BCUT2D eigenvalue weighted by Crippen LogP contribution is -2.32. The molecule has 1 unspecified atom stereocenters. The summed E-state index contributed by atoms with van der Waals surface area (Å²) < 4.78 is 6.39. The molecule has 2 N–H and O–H groups in total. The number of halogens is 1. The second-order valence-corrected chi connectivity index (χ2v) is 6.13. The Kier molecular flexibility index (Phi) is 7.51. The van der Waals surface area contributed by atoms with Gasteiger partial charge in [0, 0.05) is 17.1 Å². The first kappa shape index (κ1) is 17.4. The van der Waals surface area contributed by atoms with Gasteiger partial charge in [-0.1, -0.05) is 15.9 Å². The predicted octanol–water partition coefficient (Wildman–Crippen LogP) is 2.34. The minimum absolute atomic E-state index is 0.196. The summed E-state index contributed by atoms with van der Waals surface area (Å²) in [5.41, 5.74) is 7.16. The number of rotatable bonds is 8. The van der Waals surface area contributed by atoms with E-state index < -0.39 is 0 Å². The highest BCUT2D eigenvalue weighted by molar-refractivity contribution is 9.10. The van der Waals surface area contributed by atoms with Crippen molar-refractivity contribution in [2.75, 3.05) is 47.9 Å². The normalized spacial score (nSPS) is 13.0. The molecule has 0 aromatic heterocycles. The minimum Gasteiger partial charge on any atom is -0.497 e. The monoisotopic (exact) mass is 343 g/mol. The van der Waals surface area contributed by atoms with Gasteiger partial charge in [0.05, 0.1) is 7.11 Å². The van der Waals surface area contributed by atoms with Crippen molar-refractivity contribution in [3.05, 3.63) is 28.2 Å². The van der Waals surface area contributed by atoms with E-state index in [0.29, 0.717) is 6.54 Å². The Hall–Kier alpha value is -0.620. The summed E-state index contributed by atoms with van der Waals surface area (Å²) in [4.78, 5) is 4.51. The molecule has 0 aliphatic heterocycles. The summed E-state index contributed by atoms with van der Waals surface area (Å²) in [5.74, 6) is 0.864. The van der Waals surface area contributed by atoms with Gasteiger partial charge >= 0.3 is 0 Å². The Balaban J connectivity index is 2.78. The highest BCUT2D eigenvalue weighted by Crippen LogP contribution is 2.30. The maximum atomic E-state index is 5.98. The molecule has 114 valence electrons. The third kappa shape index (κ3) is 5.05. The molecule has 20 heavy (non-hydrogen) atoms. The van der Waals surface area contributed by atoms with Gasteiger partial charge in [-0.25, -0.2) is 0 Å². The average Bonchev–Trinajstić information content (AvgIpc) is 2.41. The van der Waals surface area contributed by atoms with E-state index in [1.54, 1.807) is 7.11 Å². The second kappa shape index (κ2) is 8.62. The number of nitrogens with two attached hydrogens (primary N) is 1. The number of ether oxygens (including phenoxy) is 1. The van der Waals surface area contributed by atoms with E-state index in [9.17, 15) is 0 Å². The lowest BCUT2D eigenvalue weighted by molar-refractivity contribution is 0.234. The number of hydrogen-bond donors (Lipinski definition) is 1. The Morgan fingerprint density at radius 3 is 2.50 bits per heavy atom. The zero-order chi connectivity index (χ0) is 15.1. The van der Waals surface area contributed by atoms with E-state index in [2.05, 4.69) is 52.9 Å². The van der Waals surface area contributed by atoms with Gasteiger partial charge in [-0.2, -0.15) is 0 Å². The first-order chi connectivity index (χ1) is 9.49. The van der Waals surface area contributed by atoms with E-state index in [0.717, 1.165) is 29.7 Å². The fourth-order valence-electron chi connectivity index (χ4n) is 2.24. The van der Waals surface area contributed by atoms with Crippen LogP contribution in [0.1, 0.15) is 18.0 Å². The molecule has 4 nitrogen and oxygen atoms in total. The van der Waals surface area contributed by atoms with Gasteiger partial charge in [0.1, 0.15) is 5.75 Å². The number of hydrogen-bond acceptors (Lipinski definition) is 4. The van der Waals surface area contributed by atoms with Crippen molar-refractivity contribution >= 4 is 15.9 Å². The second-order valence-electron chi connectivity index (χ2n) is 5.28. The van der Waals surface area contributed by atoms with Crippen molar-refractivity contribution in [3.63, 3.8) is 0 Å². The van der Waals surface area contributed by atoms with Crippen LogP contribution in [0.15, 0.2) is 22.7 Å². The van der Waals surface area contributed by atoms with Gasteiger partial charge in [0.2, 0.25) is 0 Å². The van der Waals surface area contributed by atoms with Crippen LogP contribution in [0.3, 0.4) is 0 Å². The zero-order valence-corrected chi connectivity index (χ0v) is 14.5. The van der Waals surface area contributed by atoms with Crippen molar-refractivity contribution < 1.29 is 4.74 Å². The van der Waals surface area contributed by atoms with E-state index in [1.807, 2.05) is 12.1 Å². The molecule has 0 amide bonds. The van der Waals surface area contributed by atoms with E-state index in [-0.39, 0.29) is 6.04 Å². The first-order valence-corrected chi connectivity index (χ1v) is 7.67. The van der Waals surface area contributed by atoms with Crippen LogP contribution in [0.2, 0.25) is 0 Å². The summed E-state index contributed by atoms with van der Waals surface area (Å²) in [6.45, 7) is 2.69. The molecule has 1 rings (SSSR count). The van der Waals surface area contributed by atoms with Crippen LogP contribution in [0.25, 0.3) is 0 Å². The maximum absolute atomic E-state index is 5.98. The summed E-state index contributed by atoms with van der Waals surface area (Å²) in [6.07, 6.45) is 1.13. The van der Waals surface area contributed by atoms with Crippen LogP contribution in [0, 0.1) is 0 Å². The van der Waals surface area contributed by atoms with Crippen LogP contribution in [-0.4, -0.2) is 57.7 Å². The molecule has 0 saturated heterocycles. The van der Waals surface area contributed by atoms with Crippen LogP contribution in [-0.2, 0) is 0 Å². The Bertz CT molecular complexity index is 412. The Morgan fingerprint density at radius 1 is 1.25 bits per heavy atom. The van der Waals surface area contributed by atoms with Gasteiger partial charge in [-0.05, 0) is 64.4 Å². The zero-order valence-electron chi connectivity index (χ0n) is 12.9. The molecule has 1 atom stereocenters. The largest absolute Gasteiger partial charge is 0.497 e. The van der Waals surface area contributed by atoms with Crippen LogP contribution >= 0.6 is 15.9 Å². The van der Waals surface area contributed by atoms with E-state index >= 15 is 0 Å². The Morgan fingerprint density at radius 2 is 1.95 bits per heavy atom. The van der Waals surface area contributed by atoms with Crippen LogP contribution < -0.4 is 10.5 Å². The first-order valence-electron chi connectivity index (χ1n) is 6.88. The third-order valence-electron chi connectivity index (χ3n) is 3.43. The molecule has 0 saturated carbocycles. The number of benzene rings is 1. The number of nitrogens with zero attached hydrogens (tertiary/aromatic N) is 2. The van der Waals surface area contributed by atoms with Gasteiger partial charge in [-0.3, -0.25) is 4.90 Å². The quantitative estimate of drug-likeness (QED) is 0.786. The van der Waals surface area contributed by atoms with E-state index in [4.69, 9.17) is 10.5 Å². The molecule has 0 aliphatic rings.